The number of aryl methyl sites for hydroxylation is 1. The van der Waals surface area contributed by atoms with Gasteiger partial charge in [-0.05, 0) is 42.8 Å². The Balaban J connectivity index is 0.000000253. The van der Waals surface area contributed by atoms with E-state index in [-0.39, 0.29) is 16.5 Å². The molecule has 3 aromatic carbocycles. The van der Waals surface area contributed by atoms with E-state index in [0.29, 0.717) is 5.69 Å². The lowest BCUT2D eigenvalue weighted by molar-refractivity contribution is 0.417. The van der Waals surface area contributed by atoms with Crippen LogP contribution in [0.15, 0.2) is 58.3 Å². The monoisotopic (exact) mass is 440 g/mol. The molecule has 0 amide bonds. The van der Waals surface area contributed by atoms with E-state index in [4.69, 9.17) is 25.3 Å². The van der Waals surface area contributed by atoms with Gasteiger partial charge in [0.15, 0.2) is 0 Å². The van der Waals surface area contributed by atoms with E-state index in [9.17, 15) is 16.8 Å². The summed E-state index contributed by atoms with van der Waals surface area (Å²) in [5, 5.41) is -0.135. The predicted octanol–water partition coefficient (Wildman–Crippen LogP) is 2.50. The molecule has 3 rings (SSSR count). The Morgan fingerprint density at radius 3 is 1.97 bits per heavy atom. The summed E-state index contributed by atoms with van der Waals surface area (Å²) in [6.45, 7) is 2.00. The molecule has 0 bridgehead atoms. The zero-order chi connectivity index (χ0) is 22.0. The van der Waals surface area contributed by atoms with Crippen LogP contribution < -0.4 is 16.2 Å². The zero-order valence-corrected chi connectivity index (χ0v) is 17.2. The number of benzene rings is 3. The molecule has 0 aromatic heterocycles. The van der Waals surface area contributed by atoms with Crippen LogP contribution in [-0.2, 0) is 20.2 Å². The van der Waals surface area contributed by atoms with E-state index >= 15 is 0 Å². The van der Waals surface area contributed by atoms with Gasteiger partial charge in [0.1, 0.15) is 15.5 Å². The molecule has 0 saturated heterocycles. The second-order valence-electron chi connectivity index (χ2n) is 6.07. The molecule has 11 heteroatoms. The van der Waals surface area contributed by atoms with Crippen LogP contribution in [0.25, 0.3) is 10.8 Å². The standard InChI is InChI=1S/C10H9NO6S2.C8H11NO/c11-6-4-8-7(10(5-6)19(15,16)17)2-1-3-9(8)18(12,13)14;1-6-3-4-8(10-2)7(9)5-6/h1-5H,11H2,(H,12,13,14)(H,15,16,17);3-5H,9H2,1-2H3. The normalized spacial score (nSPS) is 11.6. The minimum absolute atomic E-state index is 0.0492. The average Bonchev–Trinajstić information content (AvgIpc) is 2.59. The summed E-state index contributed by atoms with van der Waals surface area (Å²) >= 11 is 0. The fourth-order valence-electron chi connectivity index (χ4n) is 2.64. The fraction of sp³-hybridized carbons (Fsp3) is 0.111. The molecule has 156 valence electrons. The second-order valence-corrected chi connectivity index (χ2v) is 8.85. The van der Waals surface area contributed by atoms with Crippen LogP contribution in [0.4, 0.5) is 11.4 Å². The van der Waals surface area contributed by atoms with Gasteiger partial charge in [0, 0.05) is 16.5 Å². The number of rotatable bonds is 3. The number of hydrogen-bond acceptors (Lipinski definition) is 7. The van der Waals surface area contributed by atoms with E-state index in [2.05, 4.69) is 0 Å². The Labute approximate surface area is 168 Å². The van der Waals surface area contributed by atoms with Crippen LogP contribution >= 0.6 is 0 Å². The number of methoxy groups -OCH3 is 1. The van der Waals surface area contributed by atoms with E-state index in [1.54, 1.807) is 7.11 Å². The van der Waals surface area contributed by atoms with Crippen LogP contribution in [0.2, 0.25) is 0 Å². The molecule has 9 nitrogen and oxygen atoms in total. The predicted molar refractivity (Wildman–Crippen MR) is 110 cm³/mol. The van der Waals surface area contributed by atoms with Gasteiger partial charge in [0.05, 0.1) is 12.8 Å². The van der Waals surface area contributed by atoms with Crippen LogP contribution in [0.1, 0.15) is 5.56 Å². The third-order valence-corrected chi connectivity index (χ3v) is 5.69. The number of ether oxygens (including phenoxy) is 1. The summed E-state index contributed by atoms with van der Waals surface area (Å²) in [5.41, 5.74) is 12.9. The van der Waals surface area contributed by atoms with Crippen molar-refractivity contribution in [2.24, 2.45) is 0 Å². The van der Waals surface area contributed by atoms with E-state index in [1.807, 2.05) is 25.1 Å². The first kappa shape index (κ1) is 22.4. The Kier molecular flexibility index (Phi) is 6.38. The maximum atomic E-state index is 11.2. The SMILES string of the molecule is COc1ccc(C)cc1N.Nc1cc(S(=O)(=O)O)c2cccc(S(=O)(=O)O)c2c1. The van der Waals surface area contributed by atoms with Crippen molar-refractivity contribution in [3.8, 4) is 5.75 Å². The van der Waals surface area contributed by atoms with Gasteiger partial charge in [-0.3, -0.25) is 9.11 Å². The van der Waals surface area contributed by atoms with Crippen LogP contribution in [0.5, 0.6) is 5.75 Å². The molecule has 0 heterocycles. The van der Waals surface area contributed by atoms with Gasteiger partial charge in [-0.1, -0.05) is 18.2 Å². The van der Waals surface area contributed by atoms with Gasteiger partial charge >= 0.3 is 0 Å². The van der Waals surface area contributed by atoms with E-state index in [1.165, 1.54) is 18.2 Å². The molecule has 0 aliphatic rings. The van der Waals surface area contributed by atoms with Crippen molar-refractivity contribution in [3.63, 3.8) is 0 Å². The van der Waals surface area contributed by atoms with Crippen molar-refractivity contribution in [1.29, 1.82) is 0 Å². The molecule has 0 aliphatic heterocycles. The lowest BCUT2D eigenvalue weighted by atomic mass is 10.1. The fourth-order valence-corrected chi connectivity index (χ4v) is 4.08. The molecule has 0 radical (unpaired) electrons. The first-order chi connectivity index (χ1) is 13.3. The van der Waals surface area contributed by atoms with Gasteiger partial charge < -0.3 is 16.2 Å². The number of fused-ring (bicyclic) bond motifs is 1. The minimum Gasteiger partial charge on any atom is -0.495 e. The highest BCUT2D eigenvalue weighted by atomic mass is 32.2. The topological polar surface area (TPSA) is 170 Å². The summed E-state index contributed by atoms with van der Waals surface area (Å²) in [4.78, 5) is -1.00. The molecule has 0 unspecified atom stereocenters. The Bertz CT molecular complexity index is 1270. The van der Waals surface area contributed by atoms with Crippen LogP contribution in [0, 0.1) is 6.92 Å². The Hall–Kier alpha value is -2.86. The summed E-state index contributed by atoms with van der Waals surface area (Å²) in [7, 11) is -7.50. The molecule has 29 heavy (non-hydrogen) atoms. The molecular weight excluding hydrogens is 420 g/mol. The number of anilines is 2. The number of nitrogen functional groups attached to an aromatic ring is 2. The number of nitrogens with two attached hydrogens (primary N) is 2. The molecule has 0 spiro atoms. The maximum absolute atomic E-state index is 11.2. The second kappa shape index (κ2) is 8.25. The molecular formula is C18H20N2O7S2. The van der Waals surface area contributed by atoms with Gasteiger partial charge in [0.25, 0.3) is 20.2 Å². The number of hydrogen-bond donors (Lipinski definition) is 4. The summed E-state index contributed by atoms with van der Waals surface area (Å²) in [6, 6.07) is 11.6. The molecule has 6 N–H and O–H groups in total. The van der Waals surface area contributed by atoms with Crippen molar-refractivity contribution >= 4 is 42.4 Å². The van der Waals surface area contributed by atoms with Crippen LogP contribution in [0.3, 0.4) is 0 Å². The van der Waals surface area contributed by atoms with Crippen molar-refractivity contribution in [3.05, 3.63) is 54.1 Å². The molecule has 0 fully saturated rings. The minimum atomic E-state index is -4.57. The highest BCUT2D eigenvalue weighted by Gasteiger charge is 2.20. The maximum Gasteiger partial charge on any atom is 0.295 e. The van der Waals surface area contributed by atoms with Gasteiger partial charge in [0.2, 0.25) is 0 Å². The van der Waals surface area contributed by atoms with Crippen molar-refractivity contribution in [2.75, 3.05) is 18.6 Å². The smallest absolute Gasteiger partial charge is 0.295 e. The Morgan fingerprint density at radius 1 is 0.828 bits per heavy atom. The third kappa shape index (κ3) is 5.35. The van der Waals surface area contributed by atoms with Gasteiger partial charge in [-0.2, -0.15) is 16.8 Å². The van der Waals surface area contributed by atoms with Crippen molar-refractivity contribution < 1.29 is 30.7 Å². The van der Waals surface area contributed by atoms with Crippen molar-refractivity contribution in [2.45, 2.75) is 16.7 Å². The third-order valence-electron chi connectivity index (χ3n) is 3.88. The quantitative estimate of drug-likeness (QED) is 0.353. The van der Waals surface area contributed by atoms with E-state index in [0.717, 1.165) is 23.4 Å². The first-order valence-electron chi connectivity index (χ1n) is 8.02. The summed E-state index contributed by atoms with van der Waals surface area (Å²) in [6.07, 6.45) is 0. The highest BCUT2D eigenvalue weighted by molar-refractivity contribution is 7.86. The zero-order valence-electron chi connectivity index (χ0n) is 15.5. The van der Waals surface area contributed by atoms with Crippen molar-refractivity contribution in [1.82, 2.24) is 0 Å². The Morgan fingerprint density at radius 2 is 1.45 bits per heavy atom. The molecule has 0 saturated carbocycles. The average molecular weight is 440 g/mol. The largest absolute Gasteiger partial charge is 0.495 e. The summed E-state index contributed by atoms with van der Waals surface area (Å²) in [5.74, 6) is 0.741. The van der Waals surface area contributed by atoms with E-state index < -0.39 is 30.0 Å². The molecule has 3 aromatic rings. The lowest BCUT2D eigenvalue weighted by Gasteiger charge is -2.08. The summed E-state index contributed by atoms with van der Waals surface area (Å²) < 4.78 is 68.1. The van der Waals surface area contributed by atoms with Gasteiger partial charge in [-0.15, -0.1) is 0 Å². The molecule has 0 atom stereocenters. The highest BCUT2D eigenvalue weighted by Crippen LogP contribution is 2.30. The first-order valence-corrected chi connectivity index (χ1v) is 10.9. The lowest BCUT2D eigenvalue weighted by Crippen LogP contribution is -2.04. The van der Waals surface area contributed by atoms with Gasteiger partial charge in [-0.25, -0.2) is 0 Å². The van der Waals surface area contributed by atoms with Crippen LogP contribution in [-0.4, -0.2) is 33.1 Å². The molecule has 0 aliphatic carbocycles.